The first-order valence-electron chi connectivity index (χ1n) is 25.7. The minimum atomic E-state index is -5.94. The average Bonchev–Trinajstić information content (AvgIpc) is 1.44. The van der Waals surface area contributed by atoms with E-state index in [0.29, 0.717) is 19.3 Å². The highest BCUT2D eigenvalue weighted by Gasteiger charge is 2.88. The topological polar surface area (TPSA) is 160 Å². The SMILES string of the molecule is C1C2C3C2C2C1C32.CC(O)(CC(O)(CC(O)C(F)(F)F)C(F)(F)F)C(F)(F)F.CC(O)(CC(O)(CC(OC1C2CC3C(C2)C31)C(F)(F)F)C(F)(F)F)C(F)(F)F.CC(O)(CC(O)(CC(OC1CC2C=CC1C2)C(F)(F)F)C(F)(F)F)C(F)(F)F. The third-order valence-electron chi connectivity index (χ3n) is 18.3. The highest BCUT2D eigenvalue weighted by atomic mass is 19.4. The van der Waals surface area contributed by atoms with Crippen LogP contribution in [-0.4, -0.2) is 155 Å². The zero-order chi connectivity index (χ0) is 64.9. The van der Waals surface area contributed by atoms with Gasteiger partial charge in [-0.2, -0.15) is 119 Å². The molecule has 10 saturated carbocycles. The second-order valence-electron chi connectivity index (χ2n) is 24.7. The fourth-order valence-electron chi connectivity index (χ4n) is 13.7. The van der Waals surface area contributed by atoms with Gasteiger partial charge in [0.05, 0.1) is 12.2 Å². The second kappa shape index (κ2) is 21.6. The number of fused-ring (bicyclic) bond motifs is 2. The molecule has 15 atom stereocenters. The summed E-state index contributed by atoms with van der Waals surface area (Å²) in [6.07, 6.45) is -70.1. The first kappa shape index (κ1) is 70.6. The summed E-state index contributed by atoms with van der Waals surface area (Å²) in [7, 11) is 0. The van der Waals surface area contributed by atoms with Gasteiger partial charge < -0.3 is 45.2 Å². The van der Waals surface area contributed by atoms with Crippen molar-refractivity contribution in [3.63, 3.8) is 0 Å². The highest BCUT2D eigenvalue weighted by molar-refractivity contribution is 5.35. The molecule has 11 aliphatic carbocycles. The molecule has 0 spiro atoms. The van der Waals surface area contributed by atoms with E-state index in [1.807, 2.05) is 0 Å². The summed E-state index contributed by atoms with van der Waals surface area (Å²) in [4.78, 5) is 0. The Bertz CT molecular complexity index is 2260. The molecule has 11 aliphatic rings. The Balaban J connectivity index is 0.000000191. The van der Waals surface area contributed by atoms with Crippen molar-refractivity contribution in [1.82, 2.24) is 0 Å². The molecule has 0 aliphatic heterocycles. The summed E-state index contributed by atoms with van der Waals surface area (Å²) in [6.45, 7) is -0.217. The number of hydrogen-bond acceptors (Lipinski definition) is 9. The van der Waals surface area contributed by atoms with Crippen LogP contribution in [0.3, 0.4) is 0 Å². The van der Waals surface area contributed by atoms with Crippen LogP contribution >= 0.6 is 0 Å². The van der Waals surface area contributed by atoms with Gasteiger partial charge >= 0.3 is 55.6 Å². The summed E-state index contributed by atoms with van der Waals surface area (Å²) in [6, 6.07) is 0. The zero-order valence-electron chi connectivity index (χ0n) is 43.4. The van der Waals surface area contributed by atoms with Gasteiger partial charge in [0.25, 0.3) is 0 Å². The van der Waals surface area contributed by atoms with Crippen LogP contribution in [0.4, 0.5) is 119 Å². The molecule has 15 unspecified atom stereocenters. The fraction of sp³-hybridized carbons (Fsp3) is 0.958. The predicted octanol–water partition coefficient (Wildman–Crippen LogP) is 11.7. The molecule has 0 saturated heterocycles. The van der Waals surface area contributed by atoms with Crippen molar-refractivity contribution in [2.45, 2.75) is 211 Å². The van der Waals surface area contributed by atoms with Gasteiger partial charge in [-0.05, 0) is 118 Å². The van der Waals surface area contributed by atoms with Gasteiger partial charge in [0, 0.05) is 44.4 Å². The smallest absolute Gasteiger partial charge is 0.384 e. The second-order valence-corrected chi connectivity index (χ2v) is 24.7. The van der Waals surface area contributed by atoms with Gasteiger partial charge in [-0.15, -0.1) is 0 Å². The molecule has 0 amide bonds. The van der Waals surface area contributed by atoms with Crippen LogP contribution in [0.5, 0.6) is 0 Å². The van der Waals surface area contributed by atoms with E-state index < -0.39 is 164 Å². The Morgan fingerprint density at radius 3 is 0.940 bits per heavy atom. The number of aliphatic hydroxyl groups is 7. The van der Waals surface area contributed by atoms with Crippen LogP contribution in [0.15, 0.2) is 12.2 Å². The summed E-state index contributed by atoms with van der Waals surface area (Å²) >= 11 is 0. The van der Waals surface area contributed by atoms with E-state index >= 15 is 0 Å². The fourth-order valence-corrected chi connectivity index (χ4v) is 13.7. The Hall–Kier alpha value is -2.51. The molecule has 492 valence electrons. The van der Waals surface area contributed by atoms with Crippen molar-refractivity contribution in [1.29, 1.82) is 0 Å². The first-order valence-corrected chi connectivity index (χ1v) is 25.7. The number of rotatable bonds is 16. The Morgan fingerprint density at radius 2 is 0.714 bits per heavy atom. The van der Waals surface area contributed by atoms with E-state index in [2.05, 4.69) is 0 Å². The summed E-state index contributed by atoms with van der Waals surface area (Å²) in [5, 5.41) is 64.9. The molecule has 11 rings (SSSR count). The van der Waals surface area contributed by atoms with Crippen LogP contribution in [-0.2, 0) is 9.47 Å². The summed E-state index contributed by atoms with van der Waals surface area (Å²) in [5.41, 5.74) is -25.7. The molecule has 9 nitrogen and oxygen atoms in total. The molecule has 84 heavy (non-hydrogen) atoms. The van der Waals surface area contributed by atoms with Crippen LogP contribution in [0.2, 0.25) is 0 Å². The van der Waals surface area contributed by atoms with Gasteiger partial charge in [0.2, 0.25) is 0 Å². The number of aliphatic hydroxyl groups excluding tert-OH is 1. The lowest BCUT2D eigenvalue weighted by atomic mass is 9.82. The molecule has 0 radical (unpaired) electrons. The largest absolute Gasteiger partial charge is 0.417 e. The van der Waals surface area contributed by atoms with Crippen LogP contribution in [0.25, 0.3) is 0 Å². The first-order chi connectivity index (χ1) is 37.0. The lowest BCUT2D eigenvalue weighted by Crippen LogP contribution is -2.58. The van der Waals surface area contributed by atoms with Crippen LogP contribution in [0, 0.1) is 71.0 Å². The molecule has 0 aromatic carbocycles. The third kappa shape index (κ3) is 14.2. The maximum atomic E-state index is 13.4. The van der Waals surface area contributed by atoms with E-state index in [9.17, 15) is 139 Å². The molecule has 8 bridgehead atoms. The molecule has 0 heterocycles. The van der Waals surface area contributed by atoms with Gasteiger partial charge in [-0.1, -0.05) is 12.2 Å². The molecule has 7 N–H and O–H groups in total. The molecule has 36 heteroatoms. The lowest BCUT2D eigenvalue weighted by Gasteiger charge is -2.40. The van der Waals surface area contributed by atoms with Gasteiger partial charge in [-0.3, -0.25) is 0 Å². The van der Waals surface area contributed by atoms with Crippen molar-refractivity contribution in [3.05, 3.63) is 12.2 Å². The monoisotopic (exact) mass is 1290 g/mol. The van der Waals surface area contributed by atoms with Crippen molar-refractivity contribution in [2.24, 2.45) is 71.0 Å². The number of allylic oxidation sites excluding steroid dienone is 1. The van der Waals surface area contributed by atoms with E-state index in [0.717, 1.165) is 0 Å². The quantitative estimate of drug-likeness (QED) is 0.0590. The Labute approximate surface area is 457 Å². The lowest BCUT2D eigenvalue weighted by molar-refractivity contribution is -0.329. The zero-order valence-corrected chi connectivity index (χ0v) is 43.4. The van der Waals surface area contributed by atoms with E-state index in [4.69, 9.17) is 24.8 Å². The Kier molecular flexibility index (Phi) is 18.1. The normalized spacial score (nSPS) is 36.2. The number of alkyl halides is 27. The van der Waals surface area contributed by atoms with Crippen molar-refractivity contribution in [2.75, 3.05) is 0 Å². The van der Waals surface area contributed by atoms with E-state index in [-0.39, 0.29) is 56.8 Å². The molecule has 10 fully saturated rings. The van der Waals surface area contributed by atoms with Crippen molar-refractivity contribution in [3.8, 4) is 0 Å². The number of ether oxygens (including phenoxy) is 2. The molecule has 0 aromatic rings. The van der Waals surface area contributed by atoms with Gasteiger partial charge in [0.15, 0.2) is 51.9 Å². The maximum absolute atomic E-state index is 13.4. The summed E-state index contributed by atoms with van der Waals surface area (Å²) in [5.74, 6) is 7.32. The van der Waals surface area contributed by atoms with Gasteiger partial charge in [-0.25, -0.2) is 0 Å². The van der Waals surface area contributed by atoms with Crippen molar-refractivity contribution < 1.29 is 164 Å². The highest BCUT2D eigenvalue weighted by Crippen LogP contribution is 2.92. The van der Waals surface area contributed by atoms with Crippen molar-refractivity contribution >= 4 is 0 Å². The molecule has 0 aromatic heterocycles. The van der Waals surface area contributed by atoms with Gasteiger partial charge in [0.1, 0.15) is 0 Å². The average molecular weight is 1290 g/mol. The molecular weight excluding hydrogens is 1230 g/mol. The minimum Gasteiger partial charge on any atom is -0.384 e. The third-order valence-corrected chi connectivity index (χ3v) is 18.3. The van der Waals surface area contributed by atoms with Crippen LogP contribution in [0.1, 0.15) is 91.4 Å². The van der Waals surface area contributed by atoms with E-state index in [1.165, 1.54) is 35.5 Å². The number of hydrogen-bond donors (Lipinski definition) is 7. The predicted molar refractivity (Wildman–Crippen MR) is 226 cm³/mol. The van der Waals surface area contributed by atoms with E-state index in [1.54, 1.807) is 18.6 Å². The molecular formula is C48H57F27O9. The standard InChI is InChI=1S/2C16H19F9O3.C9H11F9O3.C7H8/c1-12(26,15(20,21)22)5-13(27,16(23,24)25)4-9(14(17,18)19)28-11-6-2-7-8(3-6)10(7)11;1-12(26,15(20,21)22)7-13(27,16(23,24)25)6-11(14(17,18)19)28-10-5-8-2-3-9(10)4-8;1-5(20,8(13,14)15)3-6(21,9(16,17)18)2-4(19)7(10,11)12;1-2-4-5(2)7-3(1)6(4)7/h6-11,26-27H,2-5H2,1H3;2-3,8-11,26-27H,4-7H2,1H3;4,19-21H,2-3H2,1H3;2-7H,1H2. The Morgan fingerprint density at radius 1 is 0.381 bits per heavy atom. The number of halogens is 27. The summed E-state index contributed by atoms with van der Waals surface area (Å²) < 4.78 is 357. The maximum Gasteiger partial charge on any atom is 0.417 e. The minimum absolute atomic E-state index is 0.0340. The van der Waals surface area contributed by atoms with Crippen LogP contribution < -0.4 is 0 Å².